The Labute approximate surface area is 155 Å². The Morgan fingerprint density at radius 1 is 1.24 bits per heavy atom. The van der Waals surface area contributed by atoms with Crippen molar-refractivity contribution >= 4 is 5.71 Å². The first kappa shape index (κ1) is 20.3. The second-order valence-electron chi connectivity index (χ2n) is 9.61. The van der Waals surface area contributed by atoms with Crippen LogP contribution in [0.2, 0.25) is 0 Å². The van der Waals surface area contributed by atoms with E-state index in [2.05, 4.69) is 45.5 Å². The van der Waals surface area contributed by atoms with Crippen molar-refractivity contribution in [2.75, 3.05) is 0 Å². The summed E-state index contributed by atoms with van der Waals surface area (Å²) in [7, 11) is 0. The SMILES string of the molecule is C=C1CC[C@H]2C(C)(C)CCC[C@]2(C)[C@@H]1CC/C(C)=C\CC/C(C)=N\O. The molecule has 2 saturated carbocycles. The first-order valence-electron chi connectivity index (χ1n) is 10.2. The Bertz CT molecular complexity index is 542. The molecule has 0 bridgehead atoms. The molecule has 0 aromatic rings. The van der Waals surface area contributed by atoms with Gasteiger partial charge < -0.3 is 5.21 Å². The number of rotatable bonds is 6. The zero-order valence-corrected chi connectivity index (χ0v) is 17.2. The number of allylic oxidation sites excluding steroid dienone is 3. The molecule has 0 radical (unpaired) electrons. The van der Waals surface area contributed by atoms with E-state index in [-0.39, 0.29) is 0 Å². The summed E-state index contributed by atoms with van der Waals surface area (Å²) < 4.78 is 0. The zero-order chi connectivity index (χ0) is 18.7. The monoisotopic (exact) mass is 345 g/mol. The Balaban J connectivity index is 2.02. The molecule has 2 rings (SSSR count). The van der Waals surface area contributed by atoms with Crippen LogP contribution in [0.4, 0.5) is 0 Å². The lowest BCUT2D eigenvalue weighted by Gasteiger charge is -2.58. The lowest BCUT2D eigenvalue weighted by atomic mass is 9.47. The van der Waals surface area contributed by atoms with E-state index in [1.807, 2.05) is 6.92 Å². The third-order valence-corrected chi connectivity index (χ3v) is 7.32. The molecule has 142 valence electrons. The van der Waals surface area contributed by atoms with Crippen molar-refractivity contribution in [3.05, 3.63) is 23.8 Å². The maximum absolute atomic E-state index is 8.74. The van der Waals surface area contributed by atoms with Crippen molar-refractivity contribution in [1.29, 1.82) is 0 Å². The predicted octanol–water partition coefficient (Wildman–Crippen LogP) is 7.14. The van der Waals surface area contributed by atoms with E-state index in [4.69, 9.17) is 5.21 Å². The minimum absolute atomic E-state index is 0.442. The molecule has 2 heteroatoms. The fourth-order valence-electron chi connectivity index (χ4n) is 5.86. The summed E-state index contributed by atoms with van der Waals surface area (Å²) in [5.74, 6) is 1.52. The molecule has 2 nitrogen and oxygen atoms in total. The Morgan fingerprint density at radius 2 is 1.96 bits per heavy atom. The van der Waals surface area contributed by atoms with Crippen LogP contribution >= 0.6 is 0 Å². The van der Waals surface area contributed by atoms with Crippen molar-refractivity contribution in [2.24, 2.45) is 27.8 Å². The van der Waals surface area contributed by atoms with Crippen LogP contribution in [0.1, 0.15) is 92.4 Å². The average molecular weight is 346 g/mol. The summed E-state index contributed by atoms with van der Waals surface area (Å²) in [5.41, 5.74) is 4.71. The predicted molar refractivity (Wildman–Crippen MR) is 108 cm³/mol. The summed E-state index contributed by atoms with van der Waals surface area (Å²) in [6.07, 6.45) is 13.3. The summed E-state index contributed by atoms with van der Waals surface area (Å²) in [6.45, 7) is 16.2. The van der Waals surface area contributed by atoms with E-state index in [9.17, 15) is 0 Å². The van der Waals surface area contributed by atoms with Crippen LogP contribution in [0, 0.1) is 22.7 Å². The van der Waals surface area contributed by atoms with Gasteiger partial charge in [-0.05, 0) is 87.9 Å². The minimum Gasteiger partial charge on any atom is -0.411 e. The molecule has 2 fully saturated rings. The molecule has 0 amide bonds. The Hall–Kier alpha value is -1.05. The highest BCUT2D eigenvalue weighted by atomic mass is 16.4. The van der Waals surface area contributed by atoms with Gasteiger partial charge in [-0.3, -0.25) is 0 Å². The van der Waals surface area contributed by atoms with E-state index < -0.39 is 0 Å². The van der Waals surface area contributed by atoms with Gasteiger partial charge in [-0.2, -0.15) is 0 Å². The van der Waals surface area contributed by atoms with Crippen molar-refractivity contribution in [1.82, 2.24) is 0 Å². The summed E-state index contributed by atoms with van der Waals surface area (Å²) >= 11 is 0. The zero-order valence-electron chi connectivity index (χ0n) is 17.2. The Morgan fingerprint density at radius 3 is 2.64 bits per heavy atom. The van der Waals surface area contributed by atoms with Crippen LogP contribution in [0.15, 0.2) is 29.0 Å². The molecule has 0 saturated heterocycles. The van der Waals surface area contributed by atoms with Gasteiger partial charge in [0.1, 0.15) is 0 Å². The van der Waals surface area contributed by atoms with Crippen LogP contribution in [-0.2, 0) is 0 Å². The molecular weight excluding hydrogens is 306 g/mol. The third kappa shape index (κ3) is 4.57. The van der Waals surface area contributed by atoms with Gasteiger partial charge in [0, 0.05) is 0 Å². The fraction of sp³-hybridized carbons (Fsp3) is 0.783. The van der Waals surface area contributed by atoms with Gasteiger partial charge in [0.05, 0.1) is 5.71 Å². The molecular formula is C23H39NO. The van der Waals surface area contributed by atoms with Crippen LogP contribution in [-0.4, -0.2) is 10.9 Å². The molecule has 0 heterocycles. The quantitative estimate of drug-likeness (QED) is 0.236. The number of fused-ring (bicyclic) bond motifs is 1. The van der Waals surface area contributed by atoms with E-state index in [1.165, 1.54) is 56.1 Å². The van der Waals surface area contributed by atoms with Gasteiger partial charge >= 0.3 is 0 Å². The molecule has 2 aliphatic carbocycles. The highest BCUT2D eigenvalue weighted by Crippen LogP contribution is 2.61. The van der Waals surface area contributed by atoms with Crippen molar-refractivity contribution in [3.63, 3.8) is 0 Å². The molecule has 25 heavy (non-hydrogen) atoms. The third-order valence-electron chi connectivity index (χ3n) is 7.32. The van der Waals surface area contributed by atoms with Gasteiger partial charge in [0.2, 0.25) is 0 Å². The lowest BCUT2D eigenvalue weighted by Crippen LogP contribution is -2.49. The first-order valence-corrected chi connectivity index (χ1v) is 10.2. The van der Waals surface area contributed by atoms with Gasteiger partial charge in [-0.1, -0.05) is 56.1 Å². The maximum atomic E-state index is 8.74. The van der Waals surface area contributed by atoms with Gasteiger partial charge in [0.15, 0.2) is 0 Å². The second-order valence-corrected chi connectivity index (χ2v) is 9.61. The van der Waals surface area contributed by atoms with Crippen molar-refractivity contribution in [3.8, 4) is 0 Å². The van der Waals surface area contributed by atoms with E-state index in [0.717, 1.165) is 24.5 Å². The van der Waals surface area contributed by atoms with Gasteiger partial charge in [0.25, 0.3) is 0 Å². The average Bonchev–Trinajstić information content (AvgIpc) is 2.53. The number of nitrogens with zero attached hydrogens (tertiary/aromatic N) is 1. The highest BCUT2D eigenvalue weighted by Gasteiger charge is 2.52. The van der Waals surface area contributed by atoms with Crippen LogP contribution in [0.5, 0.6) is 0 Å². The summed E-state index contributed by atoms with van der Waals surface area (Å²) in [5, 5.41) is 12.0. The summed E-state index contributed by atoms with van der Waals surface area (Å²) in [4.78, 5) is 0. The van der Waals surface area contributed by atoms with Gasteiger partial charge in [-0.15, -0.1) is 0 Å². The smallest absolute Gasteiger partial charge is 0.0543 e. The first-order chi connectivity index (χ1) is 11.7. The Kier molecular flexibility index (Phi) is 6.56. The molecule has 1 N–H and O–H groups in total. The van der Waals surface area contributed by atoms with Crippen molar-refractivity contribution < 1.29 is 5.21 Å². The largest absolute Gasteiger partial charge is 0.411 e. The number of hydrogen-bond acceptors (Lipinski definition) is 2. The minimum atomic E-state index is 0.442. The molecule has 0 unspecified atom stereocenters. The lowest BCUT2D eigenvalue weighted by molar-refractivity contribution is -0.0539. The number of oxime groups is 1. The fourth-order valence-corrected chi connectivity index (χ4v) is 5.86. The standard InChI is InChI=1S/C23H39NO/c1-17(9-7-10-19(3)24-25)11-13-20-18(2)12-14-21-22(4,5)15-8-16-23(20,21)6/h9,20-21,25H,2,7-8,10-16H2,1,3-6H3/b17-9-,24-19-/t20-,21+,23-/m1/s1. The van der Waals surface area contributed by atoms with E-state index in [1.54, 1.807) is 0 Å². The molecule has 3 atom stereocenters. The maximum Gasteiger partial charge on any atom is 0.0543 e. The van der Waals surface area contributed by atoms with Crippen LogP contribution in [0.3, 0.4) is 0 Å². The van der Waals surface area contributed by atoms with E-state index in [0.29, 0.717) is 16.7 Å². The summed E-state index contributed by atoms with van der Waals surface area (Å²) in [6, 6.07) is 0. The second kappa shape index (κ2) is 8.10. The normalized spacial score (nSPS) is 33.2. The molecule has 0 aromatic carbocycles. The molecule has 0 aliphatic heterocycles. The van der Waals surface area contributed by atoms with E-state index >= 15 is 0 Å². The molecule has 2 aliphatic rings. The van der Waals surface area contributed by atoms with Crippen LogP contribution in [0.25, 0.3) is 0 Å². The van der Waals surface area contributed by atoms with Gasteiger partial charge in [-0.25, -0.2) is 0 Å². The number of hydrogen-bond donors (Lipinski definition) is 1. The van der Waals surface area contributed by atoms with Crippen molar-refractivity contribution in [2.45, 2.75) is 92.4 Å². The highest BCUT2D eigenvalue weighted by molar-refractivity contribution is 5.81. The molecule has 0 aromatic heterocycles. The van der Waals surface area contributed by atoms with Crippen LogP contribution < -0.4 is 0 Å². The topological polar surface area (TPSA) is 32.6 Å². The molecule has 0 spiro atoms.